The molecule has 23 heavy (non-hydrogen) atoms. The number of aromatic nitrogens is 2. The van der Waals surface area contributed by atoms with E-state index in [0.717, 1.165) is 18.7 Å². The van der Waals surface area contributed by atoms with Gasteiger partial charge in [0.25, 0.3) is 10.2 Å². The third-order valence-corrected chi connectivity index (χ3v) is 6.29. The van der Waals surface area contributed by atoms with Gasteiger partial charge in [0.1, 0.15) is 11.6 Å². The maximum Gasteiger partial charge on any atom is 0.282 e. The van der Waals surface area contributed by atoms with Gasteiger partial charge in [0.15, 0.2) is 0 Å². The number of hydrogen-bond donors (Lipinski definition) is 0. The van der Waals surface area contributed by atoms with E-state index in [-0.39, 0.29) is 12.6 Å². The molecule has 1 atom stereocenters. The summed E-state index contributed by atoms with van der Waals surface area (Å²) in [5.41, 5.74) is 0. The second-order valence-corrected chi connectivity index (χ2v) is 7.86. The molecular weight excluding hydrogens is 316 g/mol. The lowest BCUT2D eigenvalue weighted by atomic mass is 10.2. The molecule has 0 aliphatic carbocycles. The number of nitrogens with zero attached hydrogens (tertiary/aromatic N) is 4. The van der Waals surface area contributed by atoms with Crippen LogP contribution in [0.25, 0.3) is 0 Å². The zero-order valence-corrected chi connectivity index (χ0v) is 14.2. The maximum atomic E-state index is 12.9. The van der Waals surface area contributed by atoms with Crippen molar-refractivity contribution in [2.45, 2.75) is 38.9 Å². The van der Waals surface area contributed by atoms with Gasteiger partial charge < -0.3 is 8.98 Å². The van der Waals surface area contributed by atoms with Crippen molar-refractivity contribution >= 4 is 10.2 Å². The molecule has 0 N–H and O–H groups in total. The van der Waals surface area contributed by atoms with Gasteiger partial charge in [-0.05, 0) is 31.9 Å². The Morgan fingerprint density at radius 2 is 2.30 bits per heavy atom. The average Bonchev–Trinajstić information content (AvgIpc) is 3.23. The molecule has 8 heteroatoms. The molecule has 0 aromatic carbocycles. The molecule has 2 aromatic heterocycles. The monoisotopic (exact) mass is 338 g/mol. The normalized spacial score (nSPS) is 19.7. The van der Waals surface area contributed by atoms with E-state index in [1.54, 1.807) is 35.9 Å². The second-order valence-electron chi connectivity index (χ2n) is 5.88. The Labute approximate surface area is 136 Å². The van der Waals surface area contributed by atoms with Gasteiger partial charge in [0.2, 0.25) is 0 Å². The number of aryl methyl sites for hydroxylation is 1. The van der Waals surface area contributed by atoms with Crippen LogP contribution < -0.4 is 0 Å². The van der Waals surface area contributed by atoms with E-state index in [4.69, 9.17) is 4.42 Å². The highest BCUT2D eigenvalue weighted by molar-refractivity contribution is 7.86. The predicted octanol–water partition coefficient (Wildman–Crippen LogP) is 1.63. The van der Waals surface area contributed by atoms with Crippen LogP contribution in [0.3, 0.4) is 0 Å². The second kappa shape index (κ2) is 6.46. The van der Waals surface area contributed by atoms with Crippen LogP contribution in [0.4, 0.5) is 0 Å². The van der Waals surface area contributed by atoms with Gasteiger partial charge in [-0.25, -0.2) is 4.98 Å². The van der Waals surface area contributed by atoms with Gasteiger partial charge in [0, 0.05) is 38.6 Å². The van der Waals surface area contributed by atoms with E-state index in [9.17, 15) is 8.42 Å². The summed E-state index contributed by atoms with van der Waals surface area (Å²) in [4.78, 5) is 4.20. The Kier molecular flexibility index (Phi) is 4.56. The van der Waals surface area contributed by atoms with Crippen molar-refractivity contribution in [2.24, 2.45) is 0 Å². The summed E-state index contributed by atoms with van der Waals surface area (Å²) in [6, 6.07) is 3.51. The topological polar surface area (TPSA) is 71.6 Å². The molecule has 0 spiro atoms. The molecule has 126 valence electrons. The summed E-state index contributed by atoms with van der Waals surface area (Å²) in [7, 11) is -1.91. The molecule has 0 bridgehead atoms. The first kappa shape index (κ1) is 16.2. The number of hydrogen-bond acceptors (Lipinski definition) is 4. The number of rotatable bonds is 6. The van der Waals surface area contributed by atoms with Crippen LogP contribution >= 0.6 is 0 Å². The van der Waals surface area contributed by atoms with Gasteiger partial charge in [-0.2, -0.15) is 17.0 Å². The zero-order chi connectivity index (χ0) is 16.4. The van der Waals surface area contributed by atoms with Crippen molar-refractivity contribution < 1.29 is 12.8 Å². The lowest BCUT2D eigenvalue weighted by Gasteiger charge is -2.28. The molecule has 1 unspecified atom stereocenters. The van der Waals surface area contributed by atoms with Crippen molar-refractivity contribution in [1.29, 1.82) is 0 Å². The van der Waals surface area contributed by atoms with E-state index < -0.39 is 10.2 Å². The Hall–Kier alpha value is -1.64. The SMILES string of the molecule is Cc1nccn1CC1CCCN1S(=O)(=O)N(C)Cc1ccco1. The van der Waals surface area contributed by atoms with Crippen LogP contribution in [-0.2, 0) is 23.3 Å². The average molecular weight is 338 g/mol. The fourth-order valence-corrected chi connectivity index (χ4v) is 4.56. The Morgan fingerprint density at radius 1 is 1.48 bits per heavy atom. The van der Waals surface area contributed by atoms with Crippen LogP contribution in [0.5, 0.6) is 0 Å². The maximum absolute atomic E-state index is 12.9. The number of imidazole rings is 1. The van der Waals surface area contributed by atoms with E-state index in [2.05, 4.69) is 4.98 Å². The van der Waals surface area contributed by atoms with Gasteiger partial charge >= 0.3 is 0 Å². The molecule has 0 radical (unpaired) electrons. The lowest BCUT2D eigenvalue weighted by molar-refractivity contribution is 0.309. The van der Waals surface area contributed by atoms with Crippen LogP contribution in [0.2, 0.25) is 0 Å². The molecule has 1 saturated heterocycles. The van der Waals surface area contributed by atoms with Crippen LogP contribution in [0, 0.1) is 6.92 Å². The highest BCUT2D eigenvalue weighted by Gasteiger charge is 2.37. The van der Waals surface area contributed by atoms with Gasteiger partial charge in [-0.3, -0.25) is 0 Å². The number of furan rings is 1. The van der Waals surface area contributed by atoms with Gasteiger partial charge in [-0.1, -0.05) is 0 Å². The molecule has 2 aromatic rings. The third kappa shape index (κ3) is 3.34. The van der Waals surface area contributed by atoms with Gasteiger partial charge in [-0.15, -0.1) is 0 Å². The minimum atomic E-state index is -3.51. The third-order valence-electron chi connectivity index (χ3n) is 4.30. The van der Waals surface area contributed by atoms with E-state index >= 15 is 0 Å². The Bertz CT molecular complexity index is 739. The molecule has 3 rings (SSSR count). The van der Waals surface area contributed by atoms with E-state index in [1.807, 2.05) is 17.7 Å². The van der Waals surface area contributed by atoms with Crippen molar-refractivity contribution in [3.8, 4) is 0 Å². The molecular formula is C15H22N4O3S. The minimum Gasteiger partial charge on any atom is -0.468 e. The lowest BCUT2D eigenvalue weighted by Crippen LogP contribution is -2.45. The zero-order valence-electron chi connectivity index (χ0n) is 13.4. The van der Waals surface area contributed by atoms with Crippen molar-refractivity contribution in [2.75, 3.05) is 13.6 Å². The molecule has 7 nitrogen and oxygen atoms in total. The van der Waals surface area contributed by atoms with Crippen molar-refractivity contribution in [3.63, 3.8) is 0 Å². The molecule has 1 aliphatic rings. The fourth-order valence-electron chi connectivity index (χ4n) is 3.00. The standard InChI is InChI=1S/C15H22N4O3S/c1-13-16-7-9-18(13)11-14-5-3-8-19(14)23(20,21)17(2)12-15-6-4-10-22-15/h4,6-7,9-10,14H,3,5,8,11-12H2,1-2H3. The Balaban J connectivity index is 1.74. The Morgan fingerprint density at radius 3 is 2.96 bits per heavy atom. The smallest absolute Gasteiger partial charge is 0.282 e. The van der Waals surface area contributed by atoms with E-state index in [1.165, 1.54) is 4.31 Å². The largest absolute Gasteiger partial charge is 0.468 e. The summed E-state index contributed by atoms with van der Waals surface area (Å²) in [6.07, 6.45) is 6.94. The predicted molar refractivity (Wildman–Crippen MR) is 85.8 cm³/mol. The first-order valence-corrected chi connectivity index (χ1v) is 9.11. The summed E-state index contributed by atoms with van der Waals surface area (Å²) in [5.74, 6) is 1.54. The molecule has 1 aliphatic heterocycles. The quantitative estimate of drug-likeness (QED) is 0.802. The van der Waals surface area contributed by atoms with E-state index in [0.29, 0.717) is 18.8 Å². The summed E-state index contributed by atoms with van der Waals surface area (Å²) in [6.45, 7) is 3.36. The van der Waals surface area contributed by atoms with Crippen LogP contribution in [-0.4, -0.2) is 46.2 Å². The van der Waals surface area contributed by atoms with Crippen molar-refractivity contribution in [1.82, 2.24) is 18.2 Å². The molecule has 1 fully saturated rings. The van der Waals surface area contributed by atoms with Gasteiger partial charge in [0.05, 0.1) is 12.8 Å². The van der Waals surface area contributed by atoms with Crippen LogP contribution in [0.1, 0.15) is 24.4 Å². The van der Waals surface area contributed by atoms with Crippen LogP contribution in [0.15, 0.2) is 35.2 Å². The summed E-state index contributed by atoms with van der Waals surface area (Å²) < 4.78 is 36.0. The van der Waals surface area contributed by atoms with Crippen molar-refractivity contribution in [3.05, 3.63) is 42.4 Å². The highest BCUT2D eigenvalue weighted by Crippen LogP contribution is 2.25. The molecule has 0 saturated carbocycles. The minimum absolute atomic E-state index is 0.0352. The summed E-state index contributed by atoms with van der Waals surface area (Å²) in [5, 5.41) is 0. The molecule has 0 amide bonds. The first-order valence-electron chi connectivity index (χ1n) is 7.71. The molecule has 3 heterocycles. The highest BCUT2D eigenvalue weighted by atomic mass is 32.2. The first-order chi connectivity index (χ1) is 11.0. The fraction of sp³-hybridized carbons (Fsp3) is 0.533. The summed E-state index contributed by atoms with van der Waals surface area (Å²) >= 11 is 0.